The molecule has 2 saturated carbocycles. The summed E-state index contributed by atoms with van der Waals surface area (Å²) in [7, 11) is 0. The van der Waals surface area contributed by atoms with E-state index in [-0.39, 0.29) is 0 Å². The van der Waals surface area contributed by atoms with Gasteiger partial charge in [-0.2, -0.15) is 0 Å². The lowest BCUT2D eigenvalue weighted by atomic mass is 9.75. The molecule has 2 aliphatic carbocycles. The molecule has 0 aromatic carbocycles. The first kappa shape index (κ1) is 10.4. The summed E-state index contributed by atoms with van der Waals surface area (Å²) in [5.41, 5.74) is 6.39. The van der Waals surface area contributed by atoms with Crippen molar-refractivity contribution >= 4 is 5.96 Å². The van der Waals surface area contributed by atoms with E-state index in [1.165, 1.54) is 45.1 Å². The summed E-state index contributed by atoms with van der Waals surface area (Å²) >= 11 is 0. The zero-order chi connectivity index (χ0) is 11.2. The number of nitrogens with two attached hydrogens (primary N) is 1. The molecule has 0 bridgehead atoms. The first-order valence-corrected chi connectivity index (χ1v) is 6.77. The highest BCUT2D eigenvalue weighted by molar-refractivity contribution is 5.81. The summed E-state index contributed by atoms with van der Waals surface area (Å²) in [4.78, 5) is 6.99. The molecule has 90 valence electrons. The zero-order valence-electron chi connectivity index (χ0n) is 10.3. The third-order valence-electron chi connectivity index (χ3n) is 4.59. The Balaban J connectivity index is 1.77. The van der Waals surface area contributed by atoms with Crippen LogP contribution in [0.15, 0.2) is 4.99 Å². The van der Waals surface area contributed by atoms with E-state index >= 15 is 0 Å². The molecule has 0 saturated heterocycles. The van der Waals surface area contributed by atoms with Crippen molar-refractivity contribution in [2.75, 3.05) is 13.1 Å². The van der Waals surface area contributed by atoms with E-state index in [9.17, 15) is 0 Å². The van der Waals surface area contributed by atoms with Gasteiger partial charge in [-0.3, -0.25) is 4.99 Å². The van der Waals surface area contributed by atoms with Crippen molar-refractivity contribution in [1.82, 2.24) is 4.90 Å². The van der Waals surface area contributed by atoms with Crippen molar-refractivity contribution in [2.45, 2.75) is 51.0 Å². The maximum atomic E-state index is 6.08. The van der Waals surface area contributed by atoms with Crippen LogP contribution < -0.4 is 5.73 Å². The second-order valence-corrected chi connectivity index (χ2v) is 6.15. The molecule has 2 atom stereocenters. The van der Waals surface area contributed by atoms with Crippen LogP contribution >= 0.6 is 0 Å². The van der Waals surface area contributed by atoms with Crippen LogP contribution in [0.5, 0.6) is 0 Å². The molecule has 0 aromatic rings. The van der Waals surface area contributed by atoms with Crippen molar-refractivity contribution in [3.63, 3.8) is 0 Å². The highest BCUT2D eigenvalue weighted by Crippen LogP contribution is 2.42. The molecule has 2 unspecified atom stereocenters. The van der Waals surface area contributed by atoms with E-state index in [0.29, 0.717) is 5.54 Å². The van der Waals surface area contributed by atoms with Gasteiger partial charge in [-0.1, -0.05) is 19.8 Å². The largest absolute Gasteiger partial charge is 0.370 e. The van der Waals surface area contributed by atoms with Gasteiger partial charge in [0.15, 0.2) is 5.96 Å². The van der Waals surface area contributed by atoms with E-state index in [1.807, 2.05) is 0 Å². The highest BCUT2D eigenvalue weighted by Gasteiger charge is 2.45. The molecule has 1 heterocycles. The first-order valence-electron chi connectivity index (χ1n) is 6.77. The Labute approximate surface area is 98.1 Å². The number of nitrogens with zero attached hydrogens (tertiary/aromatic N) is 2. The molecular formula is C13H23N3. The molecule has 3 heteroatoms. The van der Waals surface area contributed by atoms with E-state index in [4.69, 9.17) is 5.73 Å². The predicted molar refractivity (Wildman–Crippen MR) is 66.3 cm³/mol. The fraction of sp³-hybridized carbons (Fsp3) is 0.923. The van der Waals surface area contributed by atoms with Crippen molar-refractivity contribution in [2.24, 2.45) is 22.6 Å². The molecular weight excluding hydrogens is 198 g/mol. The number of rotatable bonds is 2. The van der Waals surface area contributed by atoms with Crippen LogP contribution in [0.25, 0.3) is 0 Å². The van der Waals surface area contributed by atoms with Gasteiger partial charge >= 0.3 is 0 Å². The summed E-state index contributed by atoms with van der Waals surface area (Å²) < 4.78 is 0. The van der Waals surface area contributed by atoms with Crippen LogP contribution in [0.3, 0.4) is 0 Å². The Morgan fingerprint density at radius 2 is 2.25 bits per heavy atom. The maximum Gasteiger partial charge on any atom is 0.191 e. The van der Waals surface area contributed by atoms with Crippen molar-refractivity contribution in [3.8, 4) is 0 Å². The summed E-state index contributed by atoms with van der Waals surface area (Å²) in [6.07, 6.45) is 8.13. The zero-order valence-corrected chi connectivity index (χ0v) is 10.3. The highest BCUT2D eigenvalue weighted by atomic mass is 15.4. The smallest absolute Gasteiger partial charge is 0.191 e. The van der Waals surface area contributed by atoms with Gasteiger partial charge in [0, 0.05) is 6.54 Å². The van der Waals surface area contributed by atoms with Crippen LogP contribution in [0.4, 0.5) is 0 Å². The summed E-state index contributed by atoms with van der Waals surface area (Å²) in [6, 6.07) is 0. The lowest BCUT2D eigenvalue weighted by Crippen LogP contribution is -2.54. The van der Waals surface area contributed by atoms with Crippen molar-refractivity contribution in [3.05, 3.63) is 0 Å². The number of hydrogen-bond donors (Lipinski definition) is 1. The molecule has 1 aliphatic heterocycles. The minimum absolute atomic E-state index is 0.310. The van der Waals surface area contributed by atoms with Gasteiger partial charge in [0.05, 0.1) is 12.1 Å². The maximum absolute atomic E-state index is 6.08. The quantitative estimate of drug-likeness (QED) is 0.774. The Hall–Kier alpha value is -0.730. The van der Waals surface area contributed by atoms with Crippen LogP contribution in [-0.4, -0.2) is 29.5 Å². The van der Waals surface area contributed by atoms with Crippen molar-refractivity contribution < 1.29 is 0 Å². The van der Waals surface area contributed by atoms with Crippen LogP contribution in [0, 0.1) is 11.8 Å². The van der Waals surface area contributed by atoms with Gasteiger partial charge in [-0.15, -0.1) is 0 Å². The van der Waals surface area contributed by atoms with Crippen LogP contribution in [0.1, 0.15) is 45.4 Å². The molecule has 16 heavy (non-hydrogen) atoms. The molecule has 3 nitrogen and oxygen atoms in total. The third-order valence-corrected chi connectivity index (χ3v) is 4.59. The fourth-order valence-electron chi connectivity index (χ4n) is 3.51. The predicted octanol–water partition coefficient (Wildman–Crippen LogP) is 1.98. The van der Waals surface area contributed by atoms with Gasteiger partial charge in [0.2, 0.25) is 0 Å². The molecule has 0 amide bonds. The Bertz CT molecular complexity index is 308. The van der Waals surface area contributed by atoms with E-state index < -0.39 is 0 Å². The molecule has 3 aliphatic rings. The van der Waals surface area contributed by atoms with Gasteiger partial charge in [-0.25, -0.2) is 0 Å². The van der Waals surface area contributed by atoms with Gasteiger partial charge in [0.1, 0.15) is 0 Å². The van der Waals surface area contributed by atoms with Gasteiger partial charge in [-0.05, 0) is 37.5 Å². The number of guanidine groups is 1. The number of aliphatic imine (C=N–C) groups is 1. The lowest BCUT2D eigenvalue weighted by Gasteiger charge is -2.44. The average molecular weight is 221 g/mol. The molecule has 0 aromatic heterocycles. The van der Waals surface area contributed by atoms with E-state index in [0.717, 1.165) is 24.3 Å². The monoisotopic (exact) mass is 221 g/mol. The second-order valence-electron chi connectivity index (χ2n) is 6.15. The van der Waals surface area contributed by atoms with Crippen molar-refractivity contribution in [1.29, 1.82) is 0 Å². The molecule has 1 spiro atoms. The lowest BCUT2D eigenvalue weighted by molar-refractivity contribution is 0.110. The summed E-state index contributed by atoms with van der Waals surface area (Å²) in [5, 5.41) is 0. The molecule has 0 radical (unpaired) electrons. The topological polar surface area (TPSA) is 41.6 Å². The van der Waals surface area contributed by atoms with Gasteiger partial charge in [0.25, 0.3) is 0 Å². The number of hydrogen-bond acceptors (Lipinski definition) is 3. The molecule has 2 N–H and O–H groups in total. The fourth-order valence-corrected chi connectivity index (χ4v) is 3.51. The Kier molecular flexibility index (Phi) is 2.37. The normalized spacial score (nSPS) is 39.2. The molecule has 2 fully saturated rings. The second kappa shape index (κ2) is 3.64. The summed E-state index contributed by atoms with van der Waals surface area (Å²) in [6.45, 7) is 4.50. The van der Waals surface area contributed by atoms with E-state index in [1.54, 1.807) is 0 Å². The first-order chi connectivity index (χ1) is 7.70. The SMILES string of the molecule is CC1CCCC2(CN=C(N)N2CC2CC2)C1. The molecule has 3 rings (SSSR count). The standard InChI is InChI=1S/C13H23N3/c1-10-3-2-6-13(7-10)9-15-12(14)16(13)8-11-4-5-11/h10-11H,2-9H2,1H3,(H2,14,15). The third kappa shape index (κ3) is 1.70. The van der Waals surface area contributed by atoms with Gasteiger partial charge < -0.3 is 10.6 Å². The minimum Gasteiger partial charge on any atom is -0.370 e. The van der Waals surface area contributed by atoms with E-state index in [2.05, 4.69) is 16.8 Å². The van der Waals surface area contributed by atoms with Crippen LogP contribution in [0.2, 0.25) is 0 Å². The summed E-state index contributed by atoms with van der Waals surface area (Å²) in [5.74, 6) is 2.57. The van der Waals surface area contributed by atoms with Crippen LogP contribution in [-0.2, 0) is 0 Å². The minimum atomic E-state index is 0.310. The Morgan fingerprint density at radius 1 is 1.44 bits per heavy atom. The average Bonchev–Trinajstić information content (AvgIpc) is 3.02. The Morgan fingerprint density at radius 3 is 2.94 bits per heavy atom.